The number of nitrogens with one attached hydrogen (secondary N) is 1. The fourth-order valence-electron chi connectivity index (χ4n) is 2.63. The van der Waals surface area contributed by atoms with Crippen molar-refractivity contribution in [3.8, 4) is 5.75 Å². The van der Waals surface area contributed by atoms with Gasteiger partial charge in [-0.05, 0) is 47.5 Å². The van der Waals surface area contributed by atoms with Crippen LogP contribution in [0.1, 0.15) is 21.5 Å². The monoisotopic (exact) mass is 394 g/mol. The van der Waals surface area contributed by atoms with Gasteiger partial charge in [0.1, 0.15) is 12.4 Å². The molecule has 0 bridgehead atoms. The molecular weight excluding hydrogens is 376 g/mol. The number of carbonyl (C=O) groups excluding carboxylic acids is 2. The number of rotatable bonds is 7. The Kier molecular flexibility index (Phi) is 6.29. The largest absolute Gasteiger partial charge is 0.488 e. The summed E-state index contributed by atoms with van der Waals surface area (Å²) < 4.78 is 5.83. The Bertz CT molecular complexity index is 970. The van der Waals surface area contributed by atoms with Crippen molar-refractivity contribution in [3.05, 3.63) is 94.5 Å². The van der Waals surface area contributed by atoms with E-state index in [1.54, 1.807) is 54.6 Å². The minimum Gasteiger partial charge on any atom is -0.488 e. The summed E-state index contributed by atoms with van der Waals surface area (Å²) in [5.74, 6) is -0.196. The van der Waals surface area contributed by atoms with Crippen LogP contribution in [-0.4, -0.2) is 11.8 Å². The Balaban J connectivity index is 1.68. The van der Waals surface area contributed by atoms with Crippen LogP contribution in [-0.2, 0) is 17.8 Å². The van der Waals surface area contributed by atoms with Gasteiger partial charge in [0.15, 0.2) is 0 Å². The molecule has 0 saturated heterocycles. The highest BCUT2D eigenvalue weighted by molar-refractivity contribution is 6.30. The van der Waals surface area contributed by atoms with E-state index in [0.29, 0.717) is 28.6 Å². The standard InChI is InChI=1S/C22H19ClN2O3/c23-17-9-5-16(6-10-17)14-28-20-4-2-1-3-19(20)22(27)25-18-11-7-15(8-12-18)13-21(24)26/h1-12H,13-14H2,(H2,24,26)(H,25,27). The number of ether oxygens (including phenoxy) is 1. The lowest BCUT2D eigenvalue weighted by molar-refractivity contribution is -0.117. The first-order valence-corrected chi connectivity index (χ1v) is 9.04. The highest BCUT2D eigenvalue weighted by atomic mass is 35.5. The van der Waals surface area contributed by atoms with E-state index in [0.717, 1.165) is 11.1 Å². The molecule has 142 valence electrons. The van der Waals surface area contributed by atoms with E-state index in [1.807, 2.05) is 18.2 Å². The van der Waals surface area contributed by atoms with E-state index >= 15 is 0 Å². The van der Waals surface area contributed by atoms with Gasteiger partial charge in [-0.2, -0.15) is 0 Å². The second kappa shape index (κ2) is 9.06. The Morgan fingerprint density at radius 3 is 2.21 bits per heavy atom. The normalized spacial score (nSPS) is 10.3. The van der Waals surface area contributed by atoms with Crippen LogP contribution in [0.15, 0.2) is 72.8 Å². The number of anilines is 1. The van der Waals surface area contributed by atoms with Crippen molar-refractivity contribution >= 4 is 29.1 Å². The Labute approximate surface area is 168 Å². The number of hydrogen-bond acceptors (Lipinski definition) is 3. The lowest BCUT2D eigenvalue weighted by atomic mass is 10.1. The zero-order valence-corrected chi connectivity index (χ0v) is 15.8. The van der Waals surface area contributed by atoms with Crippen LogP contribution < -0.4 is 15.8 Å². The molecule has 5 nitrogen and oxygen atoms in total. The van der Waals surface area contributed by atoms with Crippen LogP contribution in [0.25, 0.3) is 0 Å². The molecule has 0 fully saturated rings. The number of benzene rings is 3. The first kappa shape index (κ1) is 19.5. The quantitative estimate of drug-likeness (QED) is 0.630. The summed E-state index contributed by atoms with van der Waals surface area (Å²) in [6, 6.07) is 21.3. The summed E-state index contributed by atoms with van der Waals surface area (Å²) in [6.45, 7) is 0.323. The first-order chi connectivity index (χ1) is 13.5. The molecule has 3 aromatic carbocycles. The highest BCUT2D eigenvalue weighted by Crippen LogP contribution is 2.22. The zero-order valence-electron chi connectivity index (χ0n) is 15.0. The van der Waals surface area contributed by atoms with E-state index in [2.05, 4.69) is 5.32 Å². The molecule has 0 aliphatic heterocycles. The number of halogens is 1. The number of hydrogen-bond donors (Lipinski definition) is 2. The molecule has 0 aliphatic carbocycles. The molecule has 3 aromatic rings. The van der Waals surface area contributed by atoms with Gasteiger partial charge in [0.05, 0.1) is 12.0 Å². The van der Waals surface area contributed by atoms with Crippen LogP contribution in [0.2, 0.25) is 5.02 Å². The van der Waals surface area contributed by atoms with Crippen LogP contribution in [0.4, 0.5) is 5.69 Å². The molecule has 6 heteroatoms. The maximum atomic E-state index is 12.7. The molecule has 0 heterocycles. The molecule has 2 amide bonds. The lowest BCUT2D eigenvalue weighted by Crippen LogP contribution is -2.15. The van der Waals surface area contributed by atoms with Crippen molar-refractivity contribution in [2.45, 2.75) is 13.0 Å². The van der Waals surface area contributed by atoms with Gasteiger partial charge in [0, 0.05) is 10.7 Å². The maximum absolute atomic E-state index is 12.7. The molecule has 0 radical (unpaired) electrons. The molecule has 0 saturated carbocycles. The van der Waals surface area contributed by atoms with Crippen molar-refractivity contribution in [1.82, 2.24) is 0 Å². The van der Waals surface area contributed by atoms with Crippen molar-refractivity contribution in [2.75, 3.05) is 5.32 Å². The van der Waals surface area contributed by atoms with Gasteiger partial charge in [-0.15, -0.1) is 0 Å². The smallest absolute Gasteiger partial charge is 0.259 e. The predicted molar refractivity (Wildman–Crippen MR) is 110 cm³/mol. The summed E-state index contributed by atoms with van der Waals surface area (Å²) in [5, 5.41) is 3.49. The predicted octanol–water partition coefficient (Wildman–Crippen LogP) is 4.20. The number of nitrogens with two attached hydrogens (primary N) is 1. The summed E-state index contributed by atoms with van der Waals surface area (Å²) in [6.07, 6.45) is 0.162. The first-order valence-electron chi connectivity index (χ1n) is 8.66. The van der Waals surface area contributed by atoms with Gasteiger partial charge in [-0.3, -0.25) is 9.59 Å². The van der Waals surface area contributed by atoms with Gasteiger partial charge in [-0.25, -0.2) is 0 Å². The van der Waals surface area contributed by atoms with Gasteiger partial charge in [0.2, 0.25) is 5.91 Å². The summed E-state index contributed by atoms with van der Waals surface area (Å²) >= 11 is 5.89. The van der Waals surface area contributed by atoms with Crippen LogP contribution in [0.3, 0.4) is 0 Å². The SMILES string of the molecule is NC(=O)Cc1ccc(NC(=O)c2ccccc2OCc2ccc(Cl)cc2)cc1. The molecular formula is C22H19ClN2O3. The van der Waals surface area contributed by atoms with Crippen molar-refractivity contribution in [3.63, 3.8) is 0 Å². The third kappa shape index (κ3) is 5.34. The fraction of sp³-hybridized carbons (Fsp3) is 0.0909. The third-order valence-corrected chi connectivity index (χ3v) is 4.28. The van der Waals surface area contributed by atoms with E-state index in [1.165, 1.54) is 0 Å². The van der Waals surface area contributed by atoms with E-state index in [-0.39, 0.29) is 12.3 Å². The average molecular weight is 395 g/mol. The van der Waals surface area contributed by atoms with Crippen molar-refractivity contribution in [1.29, 1.82) is 0 Å². The van der Waals surface area contributed by atoms with E-state index in [9.17, 15) is 9.59 Å². The molecule has 3 rings (SSSR count). The van der Waals surface area contributed by atoms with Gasteiger partial charge < -0.3 is 15.8 Å². The number of para-hydroxylation sites is 1. The van der Waals surface area contributed by atoms with Crippen LogP contribution in [0, 0.1) is 0 Å². The topological polar surface area (TPSA) is 81.4 Å². The van der Waals surface area contributed by atoms with Crippen molar-refractivity contribution < 1.29 is 14.3 Å². The molecule has 0 spiro atoms. The minimum atomic E-state index is -0.399. The number of amides is 2. The third-order valence-electron chi connectivity index (χ3n) is 4.03. The van der Waals surface area contributed by atoms with Crippen LogP contribution >= 0.6 is 11.6 Å². The maximum Gasteiger partial charge on any atom is 0.259 e. The highest BCUT2D eigenvalue weighted by Gasteiger charge is 2.13. The fourth-order valence-corrected chi connectivity index (χ4v) is 2.75. The summed E-state index contributed by atoms with van der Waals surface area (Å²) in [5.41, 5.74) is 7.97. The minimum absolute atomic E-state index is 0.162. The van der Waals surface area contributed by atoms with Gasteiger partial charge in [-0.1, -0.05) is 48.0 Å². The zero-order chi connectivity index (χ0) is 19.9. The van der Waals surface area contributed by atoms with E-state index in [4.69, 9.17) is 22.1 Å². The van der Waals surface area contributed by atoms with Crippen LogP contribution in [0.5, 0.6) is 5.75 Å². The Hall–Kier alpha value is -3.31. The number of primary amides is 1. The Morgan fingerprint density at radius 2 is 1.54 bits per heavy atom. The average Bonchev–Trinajstić information content (AvgIpc) is 2.69. The molecule has 28 heavy (non-hydrogen) atoms. The number of carbonyl (C=O) groups is 2. The lowest BCUT2D eigenvalue weighted by Gasteiger charge is -2.12. The molecule has 0 aliphatic rings. The molecule has 0 aromatic heterocycles. The molecule has 0 unspecified atom stereocenters. The summed E-state index contributed by atoms with van der Waals surface area (Å²) in [4.78, 5) is 23.6. The second-order valence-corrected chi connectivity index (χ2v) is 6.64. The summed E-state index contributed by atoms with van der Waals surface area (Å²) in [7, 11) is 0. The Morgan fingerprint density at radius 1 is 0.893 bits per heavy atom. The van der Waals surface area contributed by atoms with Gasteiger partial charge >= 0.3 is 0 Å². The second-order valence-electron chi connectivity index (χ2n) is 6.21. The molecule has 0 atom stereocenters. The van der Waals surface area contributed by atoms with Crippen molar-refractivity contribution in [2.24, 2.45) is 5.73 Å². The van der Waals surface area contributed by atoms with Gasteiger partial charge in [0.25, 0.3) is 5.91 Å². The van der Waals surface area contributed by atoms with E-state index < -0.39 is 5.91 Å². The molecule has 3 N–H and O–H groups in total.